The predicted octanol–water partition coefficient (Wildman–Crippen LogP) is -0.103. The number of nitrogens with two attached hydrogens (primary N) is 2. The summed E-state index contributed by atoms with van der Waals surface area (Å²) in [7, 11) is 0. The maximum Gasteiger partial charge on any atom is 0.319 e. The molecule has 2 atom stereocenters. The minimum absolute atomic E-state index is 0.429. The number of hydrogen-bond donors (Lipinski definition) is 3. The molecule has 0 bridgehead atoms. The molecule has 0 aliphatic carbocycles. The highest BCUT2D eigenvalue weighted by Crippen LogP contribution is 2.47. The van der Waals surface area contributed by atoms with Crippen LogP contribution in [0.1, 0.15) is 16.8 Å². The van der Waals surface area contributed by atoms with E-state index in [1.807, 2.05) is 0 Å². The van der Waals surface area contributed by atoms with Crippen LogP contribution in [0.25, 0.3) is 0 Å². The van der Waals surface area contributed by atoms with Gasteiger partial charge in [0.05, 0.1) is 0 Å². The van der Waals surface area contributed by atoms with Crippen molar-refractivity contribution in [2.75, 3.05) is 0 Å². The molecule has 1 aromatic heterocycles. The summed E-state index contributed by atoms with van der Waals surface area (Å²) >= 11 is 0.971. The summed E-state index contributed by atoms with van der Waals surface area (Å²) in [5, 5.41) is 8.53. The molecule has 1 aromatic rings. The third kappa shape index (κ3) is 1.58. The molecule has 1 aliphatic heterocycles. The second kappa shape index (κ2) is 3.96. The number of carboxylic acid groups (broad SMARTS) is 1. The Bertz CT molecular complexity index is 561. The average molecular weight is 267 g/mol. The number of aromatic nitrogens is 1. The van der Waals surface area contributed by atoms with Crippen LogP contribution in [-0.2, 0) is 15.1 Å². The number of fused-ring (bicyclic) bond motifs is 1. The van der Waals surface area contributed by atoms with Crippen molar-refractivity contribution in [3.05, 3.63) is 22.9 Å². The number of nitrogens with zero attached hydrogens (tertiary/aromatic N) is 1. The molecule has 96 valence electrons. The summed E-state index contributed by atoms with van der Waals surface area (Å²) < 4.78 is 0. The van der Waals surface area contributed by atoms with Crippen LogP contribution in [0.4, 0.5) is 0 Å². The summed E-state index contributed by atoms with van der Waals surface area (Å²) in [5.74, 6) is -2.02. The average Bonchev–Trinajstić information content (AvgIpc) is 2.53. The Morgan fingerprint density at radius 1 is 1.50 bits per heavy atom. The summed E-state index contributed by atoms with van der Waals surface area (Å²) in [4.78, 5) is 27.1. The van der Waals surface area contributed by atoms with E-state index < -0.39 is 22.7 Å². The molecule has 2 heterocycles. The van der Waals surface area contributed by atoms with Gasteiger partial charge in [0.25, 0.3) is 0 Å². The Balaban J connectivity index is 2.72. The second-order valence-electron chi connectivity index (χ2n) is 4.33. The lowest BCUT2D eigenvalue weighted by Crippen LogP contribution is -2.56. The van der Waals surface area contributed by atoms with Crippen LogP contribution in [0.3, 0.4) is 0 Å². The Morgan fingerprint density at radius 2 is 2.11 bits per heavy atom. The molecule has 7 heteroatoms. The highest BCUT2D eigenvalue weighted by molar-refractivity contribution is 8.01. The van der Waals surface area contributed by atoms with Gasteiger partial charge in [0.1, 0.15) is 15.8 Å². The van der Waals surface area contributed by atoms with E-state index in [1.165, 1.54) is 0 Å². The van der Waals surface area contributed by atoms with Crippen LogP contribution in [0.5, 0.6) is 0 Å². The molecule has 0 radical (unpaired) electrons. The maximum absolute atomic E-state index is 11.6. The maximum atomic E-state index is 11.6. The van der Waals surface area contributed by atoms with Crippen molar-refractivity contribution in [3.63, 3.8) is 0 Å². The largest absolute Gasteiger partial charge is 0.480 e. The molecular weight excluding hydrogens is 254 g/mol. The van der Waals surface area contributed by atoms with Gasteiger partial charge in [-0.15, -0.1) is 0 Å². The van der Waals surface area contributed by atoms with E-state index in [4.69, 9.17) is 11.5 Å². The van der Waals surface area contributed by atoms with Crippen molar-refractivity contribution in [3.8, 4) is 0 Å². The zero-order valence-corrected chi connectivity index (χ0v) is 10.7. The van der Waals surface area contributed by atoms with E-state index >= 15 is 0 Å². The molecule has 6 nitrogen and oxygen atoms in total. The first-order chi connectivity index (χ1) is 8.28. The Morgan fingerprint density at radius 3 is 2.61 bits per heavy atom. The fraction of sp³-hybridized carbons (Fsp3) is 0.364. The van der Waals surface area contributed by atoms with Crippen LogP contribution in [0.2, 0.25) is 0 Å². The van der Waals surface area contributed by atoms with Gasteiger partial charge < -0.3 is 16.6 Å². The molecular formula is C11H13N3O3S. The Labute approximate surface area is 108 Å². The summed E-state index contributed by atoms with van der Waals surface area (Å²) in [5.41, 5.74) is 11.5. The van der Waals surface area contributed by atoms with Crippen LogP contribution >= 0.6 is 11.8 Å². The third-order valence-electron chi connectivity index (χ3n) is 3.00. The number of amides is 1. The predicted molar refractivity (Wildman–Crippen MR) is 66.1 cm³/mol. The van der Waals surface area contributed by atoms with Gasteiger partial charge in [0.2, 0.25) is 5.91 Å². The number of thioether (sulfide) groups is 1. The molecule has 5 N–H and O–H groups in total. The lowest BCUT2D eigenvalue weighted by atomic mass is 9.85. The van der Waals surface area contributed by atoms with Crippen LogP contribution < -0.4 is 11.5 Å². The van der Waals surface area contributed by atoms with E-state index in [0.717, 1.165) is 23.0 Å². The fourth-order valence-corrected chi connectivity index (χ4v) is 3.61. The van der Waals surface area contributed by atoms with E-state index in [0.29, 0.717) is 10.6 Å². The molecule has 0 spiro atoms. The molecule has 1 aliphatic rings. The molecule has 1 amide bonds. The standard InChI is InChI=1S/C11H13N3O3S/c1-4-3-5(2)14-8-6(4)11(13,10(12)17)7(18-8)9(15)16/h3,7H,13H2,1-2H3,(H2,12,17)(H,15,16)/t7-,11-/m1/s1. The van der Waals surface area contributed by atoms with Gasteiger partial charge in [-0.3, -0.25) is 9.59 Å². The van der Waals surface area contributed by atoms with Gasteiger partial charge in [-0.05, 0) is 25.5 Å². The Kier molecular flexibility index (Phi) is 2.83. The van der Waals surface area contributed by atoms with Crippen molar-refractivity contribution in [2.24, 2.45) is 11.5 Å². The van der Waals surface area contributed by atoms with Gasteiger partial charge in [0.15, 0.2) is 0 Å². The first-order valence-electron chi connectivity index (χ1n) is 5.25. The number of pyridine rings is 1. The van der Waals surface area contributed by atoms with Gasteiger partial charge in [-0.1, -0.05) is 11.8 Å². The number of aryl methyl sites for hydroxylation is 2. The van der Waals surface area contributed by atoms with E-state index in [9.17, 15) is 14.7 Å². The number of carboxylic acids is 1. The highest BCUT2D eigenvalue weighted by atomic mass is 32.2. The first-order valence-corrected chi connectivity index (χ1v) is 6.13. The molecule has 0 unspecified atom stereocenters. The van der Waals surface area contributed by atoms with Crippen LogP contribution in [0.15, 0.2) is 11.1 Å². The van der Waals surface area contributed by atoms with Crippen molar-refractivity contribution in [2.45, 2.75) is 29.7 Å². The SMILES string of the molecule is Cc1cc(C)c2c(n1)S[C@H](C(=O)O)[C@@]2(N)C(N)=O. The topological polar surface area (TPSA) is 119 Å². The number of carbonyl (C=O) groups excluding carboxylic acids is 1. The zero-order valence-electron chi connectivity index (χ0n) is 9.93. The van der Waals surface area contributed by atoms with Crippen LogP contribution in [-0.4, -0.2) is 27.2 Å². The number of primary amides is 1. The van der Waals surface area contributed by atoms with E-state index in [2.05, 4.69) is 4.98 Å². The molecule has 0 fully saturated rings. The quantitative estimate of drug-likeness (QED) is 0.688. The van der Waals surface area contributed by atoms with Crippen molar-refractivity contribution >= 4 is 23.6 Å². The van der Waals surface area contributed by atoms with Gasteiger partial charge in [0, 0.05) is 11.3 Å². The van der Waals surface area contributed by atoms with Crippen LogP contribution in [0, 0.1) is 13.8 Å². The molecule has 0 saturated carbocycles. The molecule has 0 saturated heterocycles. The fourth-order valence-electron chi connectivity index (χ4n) is 2.22. The number of aliphatic carboxylic acids is 1. The first kappa shape index (κ1) is 12.8. The lowest BCUT2D eigenvalue weighted by Gasteiger charge is -2.26. The van der Waals surface area contributed by atoms with Crippen molar-refractivity contribution in [1.82, 2.24) is 4.98 Å². The molecule has 18 heavy (non-hydrogen) atoms. The zero-order chi connectivity index (χ0) is 13.7. The summed E-state index contributed by atoms with van der Waals surface area (Å²) in [6, 6.07) is 1.76. The number of hydrogen-bond acceptors (Lipinski definition) is 5. The minimum atomic E-state index is -1.71. The normalized spacial score (nSPS) is 25.8. The lowest BCUT2D eigenvalue weighted by molar-refractivity contribution is -0.140. The Hall–Kier alpha value is -1.60. The molecule has 2 rings (SSSR count). The van der Waals surface area contributed by atoms with E-state index in [-0.39, 0.29) is 0 Å². The highest BCUT2D eigenvalue weighted by Gasteiger charge is 2.54. The number of rotatable bonds is 2. The third-order valence-corrected chi connectivity index (χ3v) is 4.33. The van der Waals surface area contributed by atoms with Crippen molar-refractivity contribution in [1.29, 1.82) is 0 Å². The molecule has 0 aromatic carbocycles. The monoisotopic (exact) mass is 267 g/mol. The number of carbonyl (C=O) groups is 2. The smallest absolute Gasteiger partial charge is 0.319 e. The van der Waals surface area contributed by atoms with Crippen molar-refractivity contribution < 1.29 is 14.7 Å². The van der Waals surface area contributed by atoms with Gasteiger partial charge in [-0.25, -0.2) is 4.98 Å². The van der Waals surface area contributed by atoms with Gasteiger partial charge in [-0.2, -0.15) is 0 Å². The van der Waals surface area contributed by atoms with Gasteiger partial charge >= 0.3 is 5.97 Å². The van der Waals surface area contributed by atoms with E-state index in [1.54, 1.807) is 19.9 Å². The second-order valence-corrected chi connectivity index (χ2v) is 5.42. The summed E-state index contributed by atoms with van der Waals surface area (Å²) in [6.07, 6.45) is 0. The summed E-state index contributed by atoms with van der Waals surface area (Å²) in [6.45, 7) is 3.56. The minimum Gasteiger partial charge on any atom is -0.480 e.